The Bertz CT molecular complexity index is 532. The third-order valence-electron chi connectivity index (χ3n) is 5.65. The molecule has 2 fully saturated rings. The fraction of sp³-hybridized carbons (Fsp3) is 0.706. The largest absolute Gasteiger partial charge is 0.341 e. The van der Waals surface area contributed by atoms with E-state index in [1.807, 2.05) is 13.2 Å². The van der Waals surface area contributed by atoms with Gasteiger partial charge in [-0.1, -0.05) is 12.2 Å². The van der Waals surface area contributed by atoms with Gasteiger partial charge in [0.05, 0.1) is 11.8 Å². The number of imide groups is 1. The van der Waals surface area contributed by atoms with E-state index in [2.05, 4.69) is 12.2 Å². The Balaban J connectivity index is 1.64. The van der Waals surface area contributed by atoms with Crippen molar-refractivity contribution >= 4 is 29.5 Å². The van der Waals surface area contributed by atoms with Gasteiger partial charge in [0, 0.05) is 13.1 Å². The van der Waals surface area contributed by atoms with Crippen LogP contribution in [0.25, 0.3) is 0 Å². The van der Waals surface area contributed by atoms with Crippen LogP contribution in [0.3, 0.4) is 0 Å². The Hall–Kier alpha value is -1.30. The van der Waals surface area contributed by atoms with Crippen LogP contribution in [0.5, 0.6) is 0 Å². The highest BCUT2D eigenvalue weighted by molar-refractivity contribution is 7.98. The molecule has 0 aromatic heterocycles. The number of thioether (sulfide) groups is 1. The summed E-state index contributed by atoms with van der Waals surface area (Å²) in [4.78, 5) is 40.5. The van der Waals surface area contributed by atoms with E-state index in [1.54, 1.807) is 23.7 Å². The summed E-state index contributed by atoms with van der Waals surface area (Å²) >= 11 is 1.75. The molecule has 3 amide bonds. The van der Waals surface area contributed by atoms with Gasteiger partial charge in [0.1, 0.15) is 6.54 Å². The minimum absolute atomic E-state index is 0.107. The Morgan fingerprint density at radius 2 is 1.87 bits per heavy atom. The molecule has 0 N–H and O–H groups in total. The van der Waals surface area contributed by atoms with Crippen LogP contribution in [0.1, 0.15) is 19.8 Å². The molecule has 1 saturated heterocycles. The number of nitrogens with zero attached hydrogens (tertiary/aromatic N) is 2. The van der Waals surface area contributed by atoms with Crippen LogP contribution in [0.15, 0.2) is 12.2 Å². The number of likely N-dealkylation sites (tertiary alicyclic amines) is 1. The van der Waals surface area contributed by atoms with E-state index in [0.29, 0.717) is 0 Å². The smallest absolute Gasteiger partial charge is 0.242 e. The second kappa shape index (κ2) is 6.30. The van der Waals surface area contributed by atoms with E-state index in [4.69, 9.17) is 0 Å². The predicted octanol–water partition coefficient (Wildman–Crippen LogP) is 1.39. The fourth-order valence-electron chi connectivity index (χ4n) is 4.09. The predicted molar refractivity (Wildman–Crippen MR) is 89.7 cm³/mol. The fourth-order valence-corrected chi connectivity index (χ4v) is 4.67. The van der Waals surface area contributed by atoms with Crippen molar-refractivity contribution in [2.24, 2.45) is 23.7 Å². The summed E-state index contributed by atoms with van der Waals surface area (Å²) in [5.74, 6) is 0.499. The van der Waals surface area contributed by atoms with Gasteiger partial charge in [-0.25, -0.2) is 0 Å². The molecule has 0 aromatic rings. The average molecular weight is 336 g/mol. The number of rotatable bonds is 6. The summed E-state index contributed by atoms with van der Waals surface area (Å²) < 4.78 is 0. The van der Waals surface area contributed by atoms with Gasteiger partial charge in [-0.05, 0) is 43.6 Å². The zero-order valence-corrected chi connectivity index (χ0v) is 14.7. The van der Waals surface area contributed by atoms with Crippen LogP contribution in [0.2, 0.25) is 0 Å². The van der Waals surface area contributed by atoms with Crippen LogP contribution in [0, 0.1) is 23.7 Å². The maximum absolute atomic E-state index is 12.6. The van der Waals surface area contributed by atoms with Crippen LogP contribution in [0.4, 0.5) is 0 Å². The molecule has 0 unspecified atom stereocenters. The van der Waals surface area contributed by atoms with Crippen LogP contribution < -0.4 is 0 Å². The van der Waals surface area contributed by atoms with E-state index >= 15 is 0 Å². The third-order valence-corrected chi connectivity index (χ3v) is 6.29. The first-order valence-corrected chi connectivity index (χ1v) is 9.63. The zero-order chi connectivity index (χ0) is 16.7. The molecule has 0 radical (unpaired) electrons. The molecule has 2 aliphatic carbocycles. The van der Waals surface area contributed by atoms with Gasteiger partial charge in [0.15, 0.2) is 0 Å². The number of carbonyl (C=O) groups is 3. The van der Waals surface area contributed by atoms with E-state index in [9.17, 15) is 14.4 Å². The van der Waals surface area contributed by atoms with E-state index in [1.165, 1.54) is 4.90 Å². The molecule has 126 valence electrons. The molecule has 1 heterocycles. The summed E-state index contributed by atoms with van der Waals surface area (Å²) in [5.41, 5.74) is 0. The maximum Gasteiger partial charge on any atom is 0.242 e. The topological polar surface area (TPSA) is 57.7 Å². The second-order valence-corrected chi connectivity index (χ2v) is 7.88. The van der Waals surface area contributed by atoms with Crippen molar-refractivity contribution in [2.45, 2.75) is 25.8 Å². The first-order valence-electron chi connectivity index (χ1n) is 8.23. The Morgan fingerprint density at radius 3 is 2.39 bits per heavy atom. The molecular weight excluding hydrogens is 312 g/mol. The van der Waals surface area contributed by atoms with Crippen molar-refractivity contribution in [1.82, 2.24) is 9.80 Å². The van der Waals surface area contributed by atoms with Crippen molar-refractivity contribution in [3.05, 3.63) is 12.2 Å². The molecule has 1 aliphatic heterocycles. The number of allylic oxidation sites excluding steroid dienone is 2. The molecule has 1 saturated carbocycles. The summed E-state index contributed by atoms with van der Waals surface area (Å²) in [6, 6.07) is 0.111. The lowest BCUT2D eigenvalue weighted by Crippen LogP contribution is -2.45. The summed E-state index contributed by atoms with van der Waals surface area (Å²) in [6.45, 7) is 1.89. The molecule has 0 spiro atoms. The molecule has 6 heteroatoms. The molecule has 0 aromatic carbocycles. The number of hydrogen-bond acceptors (Lipinski definition) is 4. The van der Waals surface area contributed by atoms with Gasteiger partial charge in [-0.2, -0.15) is 11.8 Å². The number of fused-ring (bicyclic) bond motifs is 5. The van der Waals surface area contributed by atoms with Gasteiger partial charge in [-0.15, -0.1) is 0 Å². The molecule has 2 bridgehead atoms. The van der Waals surface area contributed by atoms with E-state index < -0.39 is 0 Å². The quantitative estimate of drug-likeness (QED) is 0.543. The summed E-state index contributed by atoms with van der Waals surface area (Å²) in [6.07, 6.45) is 8.00. The molecule has 3 rings (SSSR count). The monoisotopic (exact) mass is 336 g/mol. The van der Waals surface area contributed by atoms with Crippen molar-refractivity contribution < 1.29 is 14.4 Å². The van der Waals surface area contributed by atoms with Crippen molar-refractivity contribution in [2.75, 3.05) is 25.6 Å². The van der Waals surface area contributed by atoms with Gasteiger partial charge in [0.25, 0.3) is 0 Å². The highest BCUT2D eigenvalue weighted by Crippen LogP contribution is 2.52. The van der Waals surface area contributed by atoms with Gasteiger partial charge in [0.2, 0.25) is 17.7 Å². The molecule has 3 aliphatic rings. The number of hydrogen-bond donors (Lipinski definition) is 0. The van der Waals surface area contributed by atoms with Gasteiger partial charge >= 0.3 is 0 Å². The Labute approximate surface area is 141 Å². The van der Waals surface area contributed by atoms with Gasteiger partial charge < -0.3 is 4.90 Å². The lowest BCUT2D eigenvalue weighted by molar-refractivity contribution is -0.147. The average Bonchev–Trinajstić information content (AvgIpc) is 3.21. The van der Waals surface area contributed by atoms with Crippen molar-refractivity contribution in [1.29, 1.82) is 0 Å². The second-order valence-electron chi connectivity index (χ2n) is 6.90. The SMILES string of the molecule is CSCC[C@H](C)N(C)C(=O)CN1C(=O)[C@@H]2[C@H](C1=O)[C@H]1C=C[C@H]2C1. The summed E-state index contributed by atoms with van der Waals surface area (Å²) in [5, 5.41) is 0. The van der Waals surface area contributed by atoms with Crippen LogP contribution in [-0.4, -0.2) is 59.2 Å². The molecular formula is C17H24N2O3S. The Kier molecular flexibility index (Phi) is 4.54. The summed E-state index contributed by atoms with van der Waals surface area (Å²) in [7, 11) is 1.75. The number of likely N-dealkylation sites (N-methyl/N-ethyl adjacent to an activating group) is 1. The minimum atomic E-state index is -0.218. The van der Waals surface area contributed by atoms with E-state index in [-0.39, 0.29) is 54.0 Å². The van der Waals surface area contributed by atoms with Crippen molar-refractivity contribution in [3.63, 3.8) is 0 Å². The van der Waals surface area contributed by atoms with Crippen LogP contribution in [-0.2, 0) is 14.4 Å². The van der Waals surface area contributed by atoms with Gasteiger partial charge in [-0.3, -0.25) is 19.3 Å². The lowest BCUT2D eigenvalue weighted by atomic mass is 9.85. The normalized spacial score (nSPS) is 32.6. The molecule has 5 nitrogen and oxygen atoms in total. The highest BCUT2D eigenvalue weighted by atomic mass is 32.2. The van der Waals surface area contributed by atoms with Crippen molar-refractivity contribution in [3.8, 4) is 0 Å². The first kappa shape index (κ1) is 16.6. The van der Waals surface area contributed by atoms with Crippen LogP contribution >= 0.6 is 11.8 Å². The minimum Gasteiger partial charge on any atom is -0.341 e. The van der Waals surface area contributed by atoms with E-state index in [0.717, 1.165) is 18.6 Å². The third kappa shape index (κ3) is 2.71. The standard InChI is InChI=1S/C17H24N2O3S/c1-10(6-7-23-3)18(2)13(20)9-19-16(21)14-11-4-5-12(8-11)15(14)17(19)22/h4-5,10-12,14-15H,6-9H2,1-3H3/t10-,11-,12-,14-,15+/m0/s1. The molecule has 23 heavy (non-hydrogen) atoms. The number of carbonyl (C=O) groups excluding carboxylic acids is 3. The lowest BCUT2D eigenvalue weighted by Gasteiger charge is -2.27. The first-order chi connectivity index (χ1) is 11.0. The maximum atomic E-state index is 12.6. The highest BCUT2D eigenvalue weighted by Gasteiger charge is 2.59. The Morgan fingerprint density at radius 1 is 1.30 bits per heavy atom. The molecule has 5 atom stereocenters. The number of amides is 3. The zero-order valence-electron chi connectivity index (χ0n) is 13.9.